The van der Waals surface area contributed by atoms with Gasteiger partial charge in [0.1, 0.15) is 0 Å². The summed E-state index contributed by atoms with van der Waals surface area (Å²) in [6, 6.07) is 5.56. The summed E-state index contributed by atoms with van der Waals surface area (Å²) in [5.41, 5.74) is -0.189. The molecule has 18 heavy (non-hydrogen) atoms. The Morgan fingerprint density at radius 1 is 1.28 bits per heavy atom. The lowest BCUT2D eigenvalue weighted by atomic mass is 9.85. The van der Waals surface area contributed by atoms with Crippen LogP contribution in [-0.4, -0.2) is 22.2 Å². The van der Waals surface area contributed by atoms with Crippen molar-refractivity contribution in [2.45, 2.75) is 45.8 Å². The molecule has 0 fully saturated rings. The number of amides is 1. The Bertz CT molecular complexity index is 461. The van der Waals surface area contributed by atoms with E-state index < -0.39 is 11.1 Å². The molecular weight excluding hydrogens is 294 g/mol. The molecule has 2 N–H and O–H groups in total. The Labute approximate surface area is 117 Å². The van der Waals surface area contributed by atoms with Crippen molar-refractivity contribution in [3.05, 3.63) is 33.8 Å². The summed E-state index contributed by atoms with van der Waals surface area (Å²) in [6.45, 7) is 8.86. The van der Waals surface area contributed by atoms with Gasteiger partial charge in [-0.1, -0.05) is 22.0 Å². The van der Waals surface area contributed by atoms with Crippen LogP contribution >= 0.6 is 15.9 Å². The molecule has 0 aromatic heterocycles. The largest absolute Gasteiger partial charge is 0.388 e. The molecule has 3 nitrogen and oxygen atoms in total. The summed E-state index contributed by atoms with van der Waals surface area (Å²) in [5.74, 6) is -0.180. The summed E-state index contributed by atoms with van der Waals surface area (Å²) >= 11 is 3.35. The fourth-order valence-electron chi connectivity index (χ4n) is 1.34. The number of halogens is 1. The zero-order valence-electron chi connectivity index (χ0n) is 11.5. The first-order valence-corrected chi connectivity index (χ1v) is 6.65. The van der Waals surface area contributed by atoms with E-state index in [4.69, 9.17) is 0 Å². The van der Waals surface area contributed by atoms with Gasteiger partial charge in [-0.15, -0.1) is 0 Å². The number of hydrogen-bond donors (Lipinski definition) is 2. The molecular formula is C14H20BrNO2. The van der Waals surface area contributed by atoms with Crippen LogP contribution in [0.4, 0.5) is 0 Å². The third-order valence-electron chi connectivity index (χ3n) is 3.40. The van der Waals surface area contributed by atoms with E-state index in [9.17, 15) is 9.90 Å². The molecule has 1 aromatic carbocycles. The summed E-state index contributed by atoms with van der Waals surface area (Å²) < 4.78 is 0.860. The van der Waals surface area contributed by atoms with Gasteiger partial charge in [0.05, 0.1) is 11.1 Å². The van der Waals surface area contributed by atoms with Gasteiger partial charge in [-0.3, -0.25) is 4.79 Å². The molecule has 0 aliphatic carbocycles. The van der Waals surface area contributed by atoms with E-state index in [0.717, 1.165) is 10.0 Å². The van der Waals surface area contributed by atoms with E-state index >= 15 is 0 Å². The fourth-order valence-corrected chi connectivity index (χ4v) is 1.70. The van der Waals surface area contributed by atoms with Crippen LogP contribution in [0.2, 0.25) is 0 Å². The third kappa shape index (κ3) is 3.33. The molecule has 1 amide bonds. The number of aryl methyl sites for hydroxylation is 1. The quantitative estimate of drug-likeness (QED) is 0.901. The van der Waals surface area contributed by atoms with Crippen LogP contribution in [0.5, 0.6) is 0 Å². The highest BCUT2D eigenvalue weighted by atomic mass is 79.9. The summed E-state index contributed by atoms with van der Waals surface area (Å²) in [4.78, 5) is 12.2. The molecule has 1 rings (SSSR count). The van der Waals surface area contributed by atoms with Gasteiger partial charge in [-0.2, -0.15) is 0 Å². The van der Waals surface area contributed by atoms with Gasteiger partial charge < -0.3 is 10.4 Å². The maximum atomic E-state index is 12.2. The Hall–Kier alpha value is -0.870. The second-order valence-electron chi connectivity index (χ2n) is 5.60. The van der Waals surface area contributed by atoms with E-state index in [-0.39, 0.29) is 5.91 Å². The van der Waals surface area contributed by atoms with E-state index in [0.29, 0.717) is 5.56 Å². The molecule has 0 bridgehead atoms. The Morgan fingerprint density at radius 3 is 2.33 bits per heavy atom. The lowest BCUT2D eigenvalue weighted by Crippen LogP contribution is -2.57. The number of carbonyl (C=O) groups excluding carboxylic acids is 1. The monoisotopic (exact) mass is 313 g/mol. The standard InChI is InChI=1S/C14H20BrNO2/c1-9-6-7-10(15)8-11(9)12(17)16-13(2,3)14(4,5)18/h6-8,18H,1-5H3,(H,16,17). The molecule has 1 aromatic rings. The normalized spacial score (nSPS) is 12.4. The molecule has 0 aliphatic rings. The molecule has 0 spiro atoms. The smallest absolute Gasteiger partial charge is 0.252 e. The second-order valence-corrected chi connectivity index (χ2v) is 6.51. The Kier molecular flexibility index (Phi) is 4.23. The van der Waals surface area contributed by atoms with Crippen molar-refractivity contribution in [2.75, 3.05) is 0 Å². The van der Waals surface area contributed by atoms with Gasteiger partial charge in [0, 0.05) is 10.0 Å². The van der Waals surface area contributed by atoms with Crippen molar-refractivity contribution in [3.8, 4) is 0 Å². The first kappa shape index (κ1) is 15.2. The predicted octanol–water partition coefficient (Wildman–Crippen LogP) is 3.04. The average Bonchev–Trinajstić information content (AvgIpc) is 2.19. The topological polar surface area (TPSA) is 49.3 Å². The number of carbonyl (C=O) groups is 1. The van der Waals surface area contributed by atoms with Crippen LogP contribution in [0, 0.1) is 6.92 Å². The second kappa shape index (κ2) is 5.02. The van der Waals surface area contributed by atoms with E-state index in [1.165, 1.54) is 0 Å². The number of aliphatic hydroxyl groups is 1. The number of nitrogens with one attached hydrogen (secondary N) is 1. The summed E-state index contributed by atoms with van der Waals surface area (Å²) in [5, 5.41) is 12.9. The van der Waals surface area contributed by atoms with E-state index in [1.807, 2.05) is 19.1 Å². The summed E-state index contributed by atoms with van der Waals surface area (Å²) in [6.07, 6.45) is 0. The molecule has 100 valence electrons. The first-order valence-electron chi connectivity index (χ1n) is 5.85. The van der Waals surface area contributed by atoms with Gasteiger partial charge in [0.2, 0.25) is 0 Å². The number of hydrogen-bond acceptors (Lipinski definition) is 2. The van der Waals surface area contributed by atoms with Crippen LogP contribution in [0.25, 0.3) is 0 Å². The number of rotatable bonds is 3. The maximum Gasteiger partial charge on any atom is 0.252 e. The van der Waals surface area contributed by atoms with Gasteiger partial charge in [-0.25, -0.2) is 0 Å². The van der Waals surface area contributed by atoms with Crippen molar-refractivity contribution >= 4 is 21.8 Å². The molecule has 0 radical (unpaired) electrons. The third-order valence-corrected chi connectivity index (χ3v) is 3.89. The van der Waals surface area contributed by atoms with Crippen molar-refractivity contribution < 1.29 is 9.90 Å². The predicted molar refractivity (Wildman–Crippen MR) is 76.7 cm³/mol. The highest BCUT2D eigenvalue weighted by molar-refractivity contribution is 9.10. The van der Waals surface area contributed by atoms with Gasteiger partial charge in [0.25, 0.3) is 5.91 Å². The first-order chi connectivity index (χ1) is 8.04. The van der Waals surface area contributed by atoms with Gasteiger partial charge in [-0.05, 0) is 52.3 Å². The average molecular weight is 314 g/mol. The van der Waals surface area contributed by atoms with Gasteiger partial charge >= 0.3 is 0 Å². The lowest BCUT2D eigenvalue weighted by molar-refractivity contribution is -0.00294. The van der Waals surface area contributed by atoms with Crippen molar-refractivity contribution in [3.63, 3.8) is 0 Å². The van der Waals surface area contributed by atoms with E-state index in [1.54, 1.807) is 33.8 Å². The highest BCUT2D eigenvalue weighted by Crippen LogP contribution is 2.22. The zero-order valence-corrected chi connectivity index (χ0v) is 13.1. The molecule has 0 heterocycles. The van der Waals surface area contributed by atoms with Crippen molar-refractivity contribution in [1.29, 1.82) is 0 Å². The van der Waals surface area contributed by atoms with Gasteiger partial charge in [0.15, 0.2) is 0 Å². The van der Waals surface area contributed by atoms with Crippen LogP contribution in [0.1, 0.15) is 43.6 Å². The zero-order chi connectivity index (χ0) is 14.1. The molecule has 4 heteroatoms. The van der Waals surface area contributed by atoms with Crippen LogP contribution in [-0.2, 0) is 0 Å². The van der Waals surface area contributed by atoms with Crippen LogP contribution in [0.15, 0.2) is 22.7 Å². The maximum absolute atomic E-state index is 12.2. The van der Waals surface area contributed by atoms with Crippen molar-refractivity contribution in [2.24, 2.45) is 0 Å². The number of benzene rings is 1. The molecule has 0 unspecified atom stereocenters. The Balaban J connectivity index is 3.00. The summed E-state index contributed by atoms with van der Waals surface area (Å²) in [7, 11) is 0. The minimum absolute atomic E-state index is 0.180. The minimum Gasteiger partial charge on any atom is -0.388 e. The van der Waals surface area contributed by atoms with Crippen molar-refractivity contribution in [1.82, 2.24) is 5.32 Å². The fraction of sp³-hybridized carbons (Fsp3) is 0.500. The molecule has 0 saturated heterocycles. The minimum atomic E-state index is -0.997. The molecule has 0 saturated carbocycles. The molecule has 0 atom stereocenters. The SMILES string of the molecule is Cc1ccc(Br)cc1C(=O)NC(C)(C)C(C)(C)O. The lowest BCUT2D eigenvalue weighted by Gasteiger charge is -2.38. The van der Waals surface area contributed by atoms with Crippen LogP contribution < -0.4 is 5.32 Å². The Morgan fingerprint density at radius 2 is 1.83 bits per heavy atom. The highest BCUT2D eigenvalue weighted by Gasteiger charge is 2.36. The van der Waals surface area contributed by atoms with Crippen LogP contribution in [0.3, 0.4) is 0 Å². The molecule has 0 aliphatic heterocycles. The van der Waals surface area contributed by atoms with E-state index in [2.05, 4.69) is 21.2 Å².